The molecule has 0 aliphatic carbocycles. The number of methoxy groups -OCH3 is 2. The van der Waals surface area contributed by atoms with Gasteiger partial charge in [-0.3, -0.25) is 9.59 Å². The number of ether oxygens (including phenoxy) is 2. The Balaban J connectivity index is 1.67. The minimum atomic E-state index is -0.707. The van der Waals surface area contributed by atoms with Crippen LogP contribution in [-0.2, 0) is 29.0 Å². The van der Waals surface area contributed by atoms with Crippen molar-refractivity contribution in [1.82, 2.24) is 10.2 Å². The van der Waals surface area contributed by atoms with Crippen molar-refractivity contribution < 1.29 is 23.5 Å². The molecule has 0 aromatic heterocycles. The fourth-order valence-corrected chi connectivity index (χ4v) is 3.76. The molecule has 3 aromatic carbocycles. The predicted octanol–water partition coefficient (Wildman–Crippen LogP) is 4.16. The summed E-state index contributed by atoms with van der Waals surface area (Å²) < 4.78 is 24.0. The Kier molecular flexibility index (Phi) is 9.23. The number of nitrogens with one attached hydrogen (secondary N) is 1. The number of carbonyl (C=O) groups is 2. The van der Waals surface area contributed by atoms with Crippen LogP contribution in [0.5, 0.6) is 11.5 Å². The van der Waals surface area contributed by atoms with Crippen molar-refractivity contribution >= 4 is 11.8 Å². The van der Waals surface area contributed by atoms with Gasteiger partial charge in [-0.25, -0.2) is 4.39 Å². The number of hydrogen-bond acceptors (Lipinski definition) is 4. The van der Waals surface area contributed by atoms with E-state index in [9.17, 15) is 14.0 Å². The zero-order chi connectivity index (χ0) is 25.2. The summed E-state index contributed by atoms with van der Waals surface area (Å²) in [5.41, 5.74) is 2.60. The van der Waals surface area contributed by atoms with Gasteiger partial charge in [-0.05, 0) is 54.3 Å². The summed E-state index contributed by atoms with van der Waals surface area (Å²) in [5.74, 6) is 0.484. The number of amides is 2. The van der Waals surface area contributed by atoms with Gasteiger partial charge in [0, 0.05) is 13.1 Å². The van der Waals surface area contributed by atoms with Gasteiger partial charge in [0.05, 0.1) is 20.6 Å². The molecule has 0 saturated carbocycles. The Morgan fingerprint density at radius 1 is 0.886 bits per heavy atom. The molecule has 2 amide bonds. The molecule has 0 heterocycles. The second kappa shape index (κ2) is 12.6. The van der Waals surface area contributed by atoms with Crippen LogP contribution in [0, 0.1) is 5.82 Å². The van der Waals surface area contributed by atoms with Gasteiger partial charge in [-0.15, -0.1) is 0 Å². The van der Waals surface area contributed by atoms with E-state index >= 15 is 0 Å². The van der Waals surface area contributed by atoms with Gasteiger partial charge in [0.15, 0.2) is 11.5 Å². The number of benzene rings is 3. The van der Waals surface area contributed by atoms with Gasteiger partial charge in [0.1, 0.15) is 11.9 Å². The zero-order valence-electron chi connectivity index (χ0n) is 20.3. The van der Waals surface area contributed by atoms with Crippen LogP contribution >= 0.6 is 0 Å². The summed E-state index contributed by atoms with van der Waals surface area (Å²) in [4.78, 5) is 27.7. The van der Waals surface area contributed by atoms with Crippen molar-refractivity contribution in [2.75, 3.05) is 20.8 Å². The van der Waals surface area contributed by atoms with Crippen LogP contribution in [0.3, 0.4) is 0 Å². The number of hydrogen-bond donors (Lipinski definition) is 1. The molecule has 1 atom stereocenters. The summed E-state index contributed by atoms with van der Waals surface area (Å²) in [6.45, 7) is 2.31. The molecular formula is C28H31FN2O4. The third-order valence-electron chi connectivity index (χ3n) is 5.79. The lowest BCUT2D eigenvalue weighted by Crippen LogP contribution is -2.48. The average molecular weight is 479 g/mol. The highest BCUT2D eigenvalue weighted by Gasteiger charge is 2.26. The van der Waals surface area contributed by atoms with Crippen molar-refractivity contribution in [3.63, 3.8) is 0 Å². The molecule has 0 spiro atoms. The van der Waals surface area contributed by atoms with E-state index in [1.54, 1.807) is 33.3 Å². The van der Waals surface area contributed by atoms with Crippen LogP contribution in [0.2, 0.25) is 0 Å². The van der Waals surface area contributed by atoms with Gasteiger partial charge >= 0.3 is 0 Å². The van der Waals surface area contributed by atoms with Crippen LogP contribution in [0.25, 0.3) is 0 Å². The van der Waals surface area contributed by atoms with E-state index in [2.05, 4.69) is 5.32 Å². The zero-order valence-corrected chi connectivity index (χ0v) is 20.3. The fourth-order valence-electron chi connectivity index (χ4n) is 3.76. The highest BCUT2D eigenvalue weighted by Crippen LogP contribution is 2.27. The van der Waals surface area contributed by atoms with Gasteiger partial charge < -0.3 is 19.7 Å². The molecule has 0 bridgehead atoms. The average Bonchev–Trinajstić information content (AvgIpc) is 2.88. The van der Waals surface area contributed by atoms with Crippen LogP contribution in [0.1, 0.15) is 23.6 Å². The molecule has 35 heavy (non-hydrogen) atoms. The lowest BCUT2D eigenvalue weighted by Gasteiger charge is -2.29. The minimum absolute atomic E-state index is 0.172. The molecule has 0 fully saturated rings. The Bertz CT molecular complexity index is 1120. The summed E-state index contributed by atoms with van der Waals surface area (Å²) in [6.07, 6.45) is 0.764. The third kappa shape index (κ3) is 7.30. The van der Waals surface area contributed by atoms with Crippen LogP contribution in [-0.4, -0.2) is 43.5 Å². The second-order valence-corrected chi connectivity index (χ2v) is 8.22. The summed E-state index contributed by atoms with van der Waals surface area (Å²) >= 11 is 0. The van der Waals surface area contributed by atoms with Crippen molar-refractivity contribution in [1.29, 1.82) is 0 Å². The molecule has 0 radical (unpaired) electrons. The third-order valence-corrected chi connectivity index (χ3v) is 5.79. The van der Waals surface area contributed by atoms with Crippen molar-refractivity contribution in [3.8, 4) is 11.5 Å². The fraction of sp³-hybridized carbons (Fsp3) is 0.286. The maximum absolute atomic E-state index is 13.4. The summed E-state index contributed by atoms with van der Waals surface area (Å²) in [7, 11) is 3.16. The molecule has 0 aliphatic heterocycles. The first-order valence-electron chi connectivity index (χ1n) is 11.5. The maximum atomic E-state index is 13.4. The molecule has 1 unspecified atom stereocenters. The first-order chi connectivity index (χ1) is 16.9. The standard InChI is InChI=1S/C28H31FN2O4/c1-20(28(33)30-16-15-22-11-14-25(34-2)26(17-22)35-3)31(19-23-9-12-24(29)13-10-23)27(32)18-21-7-5-4-6-8-21/h4-14,17,20H,15-16,18-19H2,1-3H3,(H,30,33). The topological polar surface area (TPSA) is 67.9 Å². The van der Waals surface area contributed by atoms with Gasteiger partial charge in [-0.1, -0.05) is 48.5 Å². The molecule has 1 N–H and O–H groups in total. The maximum Gasteiger partial charge on any atom is 0.242 e. The second-order valence-electron chi connectivity index (χ2n) is 8.22. The predicted molar refractivity (Wildman–Crippen MR) is 133 cm³/mol. The monoisotopic (exact) mass is 478 g/mol. The molecular weight excluding hydrogens is 447 g/mol. The molecule has 0 saturated heterocycles. The largest absolute Gasteiger partial charge is 0.493 e. The van der Waals surface area contributed by atoms with Crippen molar-refractivity contribution in [2.24, 2.45) is 0 Å². The van der Waals surface area contributed by atoms with E-state index in [-0.39, 0.29) is 30.6 Å². The summed E-state index contributed by atoms with van der Waals surface area (Å²) in [6, 6.07) is 20.2. The molecule has 184 valence electrons. The molecule has 3 aromatic rings. The van der Waals surface area contributed by atoms with Crippen molar-refractivity contribution in [2.45, 2.75) is 32.4 Å². The van der Waals surface area contributed by atoms with E-state index in [1.807, 2.05) is 48.5 Å². The normalized spacial score (nSPS) is 11.4. The first kappa shape index (κ1) is 25.7. The number of rotatable bonds is 11. The van der Waals surface area contributed by atoms with E-state index < -0.39 is 6.04 Å². The number of carbonyl (C=O) groups excluding carboxylic acids is 2. The number of halogens is 1. The smallest absolute Gasteiger partial charge is 0.242 e. The van der Waals surface area contributed by atoms with E-state index in [4.69, 9.17) is 9.47 Å². The van der Waals surface area contributed by atoms with Crippen LogP contribution in [0.4, 0.5) is 4.39 Å². The van der Waals surface area contributed by atoms with Gasteiger partial charge in [0.25, 0.3) is 0 Å². The summed E-state index contributed by atoms with van der Waals surface area (Å²) in [5, 5.41) is 2.93. The van der Waals surface area contributed by atoms with Gasteiger partial charge in [0.2, 0.25) is 11.8 Å². The Morgan fingerprint density at radius 3 is 2.20 bits per heavy atom. The Labute approximate surface area is 205 Å². The molecule has 7 heteroatoms. The molecule has 6 nitrogen and oxygen atoms in total. The lowest BCUT2D eigenvalue weighted by atomic mass is 10.1. The van der Waals surface area contributed by atoms with Crippen molar-refractivity contribution in [3.05, 3.63) is 95.3 Å². The molecule has 0 aliphatic rings. The SMILES string of the molecule is COc1ccc(CCNC(=O)C(C)N(Cc2ccc(F)cc2)C(=O)Cc2ccccc2)cc1OC. The highest BCUT2D eigenvalue weighted by atomic mass is 19.1. The van der Waals surface area contributed by atoms with E-state index in [0.29, 0.717) is 24.5 Å². The Morgan fingerprint density at radius 2 is 1.54 bits per heavy atom. The van der Waals surface area contributed by atoms with Crippen LogP contribution in [0.15, 0.2) is 72.8 Å². The lowest BCUT2D eigenvalue weighted by molar-refractivity contribution is -0.140. The quantitative estimate of drug-likeness (QED) is 0.449. The first-order valence-corrected chi connectivity index (χ1v) is 11.5. The van der Waals surface area contributed by atoms with E-state index in [0.717, 1.165) is 16.7 Å². The minimum Gasteiger partial charge on any atom is -0.493 e. The van der Waals surface area contributed by atoms with Crippen LogP contribution < -0.4 is 14.8 Å². The Hall–Kier alpha value is -3.87. The number of nitrogens with zero attached hydrogens (tertiary/aromatic N) is 1. The van der Waals surface area contributed by atoms with E-state index in [1.165, 1.54) is 17.0 Å². The van der Waals surface area contributed by atoms with Gasteiger partial charge in [-0.2, -0.15) is 0 Å². The highest BCUT2D eigenvalue weighted by molar-refractivity contribution is 5.88. The molecule has 3 rings (SSSR count).